The van der Waals surface area contributed by atoms with Crippen molar-refractivity contribution in [2.24, 2.45) is 5.84 Å². The molecule has 1 aromatic heterocycles. The highest BCUT2D eigenvalue weighted by molar-refractivity contribution is 5.65. The van der Waals surface area contributed by atoms with Crippen LogP contribution in [0.15, 0.2) is 18.2 Å². The van der Waals surface area contributed by atoms with Gasteiger partial charge >= 0.3 is 0 Å². The molecule has 0 amide bonds. The smallest absolute Gasteiger partial charge is 0.167 e. The lowest BCUT2D eigenvalue weighted by Crippen LogP contribution is -2.13. The second kappa shape index (κ2) is 6.36. The zero-order chi connectivity index (χ0) is 15.4. The van der Waals surface area contributed by atoms with Gasteiger partial charge in [-0.05, 0) is 19.1 Å². The first-order valence-electron chi connectivity index (χ1n) is 6.53. The van der Waals surface area contributed by atoms with Crippen LogP contribution in [0.4, 0.5) is 21.7 Å². The summed E-state index contributed by atoms with van der Waals surface area (Å²) in [5.41, 5.74) is 3.87. The molecule has 0 aliphatic heterocycles. The number of nitrogens with one attached hydrogen (secondary N) is 2. The fourth-order valence-electron chi connectivity index (χ4n) is 1.86. The largest absolute Gasteiger partial charge is 0.494 e. The summed E-state index contributed by atoms with van der Waals surface area (Å²) >= 11 is 0. The number of nitrogens with zero attached hydrogens (tertiary/aromatic N) is 2. The van der Waals surface area contributed by atoms with E-state index in [1.54, 1.807) is 12.1 Å². The maximum Gasteiger partial charge on any atom is 0.167 e. The van der Waals surface area contributed by atoms with Gasteiger partial charge in [0.15, 0.2) is 11.6 Å². The molecule has 0 spiro atoms. The van der Waals surface area contributed by atoms with Crippen LogP contribution >= 0.6 is 0 Å². The third kappa shape index (κ3) is 3.19. The van der Waals surface area contributed by atoms with Gasteiger partial charge in [0.05, 0.1) is 7.11 Å². The maximum absolute atomic E-state index is 13.7. The molecule has 112 valence electrons. The minimum Gasteiger partial charge on any atom is -0.494 e. The van der Waals surface area contributed by atoms with Crippen LogP contribution in [0.3, 0.4) is 0 Å². The van der Waals surface area contributed by atoms with Crippen molar-refractivity contribution in [3.63, 3.8) is 0 Å². The average molecular weight is 291 g/mol. The van der Waals surface area contributed by atoms with Crippen LogP contribution in [-0.4, -0.2) is 17.1 Å². The second-order valence-electron chi connectivity index (χ2n) is 4.43. The number of methoxy groups -OCH3 is 1. The molecule has 6 nitrogen and oxygen atoms in total. The number of anilines is 3. The van der Waals surface area contributed by atoms with Gasteiger partial charge < -0.3 is 15.5 Å². The number of benzene rings is 1. The van der Waals surface area contributed by atoms with Crippen LogP contribution in [0.1, 0.15) is 18.3 Å². The minimum absolute atomic E-state index is 0.193. The fourth-order valence-corrected chi connectivity index (χ4v) is 1.86. The Morgan fingerprint density at radius 3 is 2.57 bits per heavy atom. The van der Waals surface area contributed by atoms with Crippen molar-refractivity contribution in [1.82, 2.24) is 9.97 Å². The van der Waals surface area contributed by atoms with Crippen LogP contribution in [0.2, 0.25) is 0 Å². The fraction of sp³-hybridized carbons (Fsp3) is 0.286. The topological polar surface area (TPSA) is 85.1 Å². The van der Waals surface area contributed by atoms with E-state index in [0.29, 0.717) is 29.6 Å². The molecule has 2 aromatic rings. The number of rotatable bonds is 5. The van der Waals surface area contributed by atoms with Gasteiger partial charge in [-0.1, -0.05) is 6.92 Å². The third-order valence-corrected chi connectivity index (χ3v) is 3.06. The molecule has 7 heteroatoms. The van der Waals surface area contributed by atoms with Gasteiger partial charge in [-0.2, -0.15) is 0 Å². The molecule has 4 N–H and O–H groups in total. The van der Waals surface area contributed by atoms with Crippen LogP contribution < -0.4 is 21.3 Å². The van der Waals surface area contributed by atoms with Gasteiger partial charge in [-0.25, -0.2) is 20.2 Å². The maximum atomic E-state index is 13.7. The molecule has 0 aliphatic carbocycles. The number of hydrazine groups is 1. The molecule has 0 atom stereocenters. The zero-order valence-corrected chi connectivity index (χ0v) is 12.2. The predicted octanol–water partition coefficient (Wildman–Crippen LogP) is 2.52. The van der Waals surface area contributed by atoms with Crippen LogP contribution in [-0.2, 0) is 6.42 Å². The van der Waals surface area contributed by atoms with Crippen molar-refractivity contribution in [3.8, 4) is 5.75 Å². The number of aryl methyl sites for hydroxylation is 1. The van der Waals surface area contributed by atoms with Gasteiger partial charge in [0, 0.05) is 23.7 Å². The molecule has 0 fully saturated rings. The molecule has 1 heterocycles. The van der Waals surface area contributed by atoms with E-state index >= 15 is 0 Å². The molecule has 2 rings (SSSR count). The Hall–Kier alpha value is -2.41. The molecular formula is C14H18FN5O. The van der Waals surface area contributed by atoms with Crippen LogP contribution in [0, 0.1) is 12.7 Å². The Morgan fingerprint density at radius 1 is 1.29 bits per heavy atom. The molecule has 0 radical (unpaired) electrons. The summed E-state index contributed by atoms with van der Waals surface area (Å²) in [5.74, 6) is 6.97. The highest BCUT2D eigenvalue weighted by Gasteiger charge is 2.11. The highest BCUT2D eigenvalue weighted by Crippen LogP contribution is 2.26. The number of nitrogens with two attached hydrogens (primary N) is 1. The van der Waals surface area contributed by atoms with E-state index in [2.05, 4.69) is 20.7 Å². The lowest BCUT2D eigenvalue weighted by Gasteiger charge is -2.13. The summed E-state index contributed by atoms with van der Waals surface area (Å²) in [6.45, 7) is 3.78. The van der Waals surface area contributed by atoms with Crippen molar-refractivity contribution < 1.29 is 9.13 Å². The Labute approximate surface area is 122 Å². The Bertz CT molecular complexity index is 648. The molecule has 1 aromatic carbocycles. The zero-order valence-electron chi connectivity index (χ0n) is 12.2. The molecule has 0 aliphatic rings. The van der Waals surface area contributed by atoms with E-state index in [9.17, 15) is 4.39 Å². The van der Waals surface area contributed by atoms with E-state index in [-0.39, 0.29) is 5.75 Å². The van der Waals surface area contributed by atoms with Crippen molar-refractivity contribution in [1.29, 1.82) is 0 Å². The van der Waals surface area contributed by atoms with Crippen molar-refractivity contribution >= 4 is 17.3 Å². The van der Waals surface area contributed by atoms with Gasteiger partial charge in [0.25, 0.3) is 0 Å². The summed E-state index contributed by atoms with van der Waals surface area (Å²) in [6, 6.07) is 4.61. The number of nitrogen functional groups attached to an aromatic ring is 1. The second-order valence-corrected chi connectivity index (χ2v) is 4.43. The van der Waals surface area contributed by atoms with Gasteiger partial charge in [-0.15, -0.1) is 0 Å². The number of hydrogen-bond acceptors (Lipinski definition) is 6. The first kappa shape index (κ1) is 15.0. The SMILES string of the molecule is CCc1nc(NN)c(C)c(Nc2ccc(OC)c(F)c2)n1. The molecule has 0 saturated heterocycles. The van der Waals surface area contributed by atoms with Crippen molar-refractivity contribution in [2.75, 3.05) is 17.9 Å². The number of halogens is 1. The first-order chi connectivity index (χ1) is 10.1. The normalized spacial score (nSPS) is 10.3. The molecular weight excluding hydrogens is 273 g/mol. The van der Waals surface area contributed by atoms with E-state index in [1.165, 1.54) is 13.2 Å². The van der Waals surface area contributed by atoms with E-state index in [4.69, 9.17) is 10.6 Å². The molecule has 0 bridgehead atoms. The quantitative estimate of drug-likeness (QED) is 0.580. The summed E-state index contributed by atoms with van der Waals surface area (Å²) in [4.78, 5) is 8.67. The Kier molecular flexibility index (Phi) is 4.54. The summed E-state index contributed by atoms with van der Waals surface area (Å²) in [5, 5.41) is 3.07. The average Bonchev–Trinajstić information content (AvgIpc) is 2.49. The van der Waals surface area contributed by atoms with Gasteiger partial charge in [-0.3, -0.25) is 0 Å². The standard InChI is InChI=1S/C14H18FN5O/c1-4-12-18-13(8(2)14(19-12)20-16)17-9-5-6-11(21-3)10(15)7-9/h5-7H,4,16H2,1-3H3,(H2,17,18,19,20). The minimum atomic E-state index is -0.443. The van der Waals surface area contributed by atoms with E-state index in [1.807, 2.05) is 13.8 Å². The summed E-state index contributed by atoms with van der Waals surface area (Å²) in [6.07, 6.45) is 0.667. The molecule has 21 heavy (non-hydrogen) atoms. The summed E-state index contributed by atoms with van der Waals surface area (Å²) < 4.78 is 18.6. The lowest BCUT2D eigenvalue weighted by atomic mass is 10.2. The number of ether oxygens (including phenoxy) is 1. The van der Waals surface area contributed by atoms with Crippen LogP contribution in [0.25, 0.3) is 0 Å². The van der Waals surface area contributed by atoms with Crippen molar-refractivity contribution in [2.45, 2.75) is 20.3 Å². The third-order valence-electron chi connectivity index (χ3n) is 3.06. The van der Waals surface area contributed by atoms with Crippen LogP contribution in [0.5, 0.6) is 5.75 Å². The Balaban J connectivity index is 2.36. The van der Waals surface area contributed by atoms with E-state index in [0.717, 1.165) is 5.56 Å². The lowest BCUT2D eigenvalue weighted by molar-refractivity contribution is 0.386. The van der Waals surface area contributed by atoms with Crippen molar-refractivity contribution in [3.05, 3.63) is 35.4 Å². The first-order valence-corrected chi connectivity index (χ1v) is 6.53. The monoisotopic (exact) mass is 291 g/mol. The van der Waals surface area contributed by atoms with Gasteiger partial charge in [0.2, 0.25) is 0 Å². The highest BCUT2D eigenvalue weighted by atomic mass is 19.1. The summed E-state index contributed by atoms with van der Waals surface area (Å²) in [7, 11) is 1.42. The predicted molar refractivity (Wildman–Crippen MR) is 80.2 cm³/mol. The molecule has 0 saturated carbocycles. The van der Waals surface area contributed by atoms with E-state index < -0.39 is 5.82 Å². The number of hydrogen-bond donors (Lipinski definition) is 3. The van der Waals surface area contributed by atoms with Gasteiger partial charge in [0.1, 0.15) is 17.5 Å². The molecule has 0 unspecified atom stereocenters. The number of aromatic nitrogens is 2. The Morgan fingerprint density at radius 2 is 2.00 bits per heavy atom.